The van der Waals surface area contributed by atoms with E-state index in [0.717, 1.165) is 12.2 Å². The molecule has 1 heterocycles. The molecule has 3 rings (SSSR count). The Labute approximate surface area is 134 Å². The molecular formula is C12H10Cl2N4O2S. The molecule has 1 unspecified atom stereocenters. The van der Waals surface area contributed by atoms with Gasteiger partial charge in [0.15, 0.2) is 0 Å². The fourth-order valence-corrected chi connectivity index (χ4v) is 3.62. The van der Waals surface area contributed by atoms with Crippen molar-refractivity contribution in [1.29, 1.82) is 0 Å². The van der Waals surface area contributed by atoms with Crippen molar-refractivity contribution < 1.29 is 9.90 Å². The lowest BCUT2D eigenvalue weighted by molar-refractivity contribution is 0.0697. The van der Waals surface area contributed by atoms with Crippen LogP contribution in [0.25, 0.3) is 5.69 Å². The molecule has 0 spiro atoms. The minimum absolute atomic E-state index is 0.216. The summed E-state index contributed by atoms with van der Waals surface area (Å²) in [4.78, 5) is 10.8. The highest BCUT2D eigenvalue weighted by Gasteiger charge is 2.51. The van der Waals surface area contributed by atoms with Gasteiger partial charge in [0.2, 0.25) is 5.16 Å². The number of rotatable bonds is 5. The summed E-state index contributed by atoms with van der Waals surface area (Å²) in [6.45, 7) is 0. The number of carboxylic acids is 1. The van der Waals surface area contributed by atoms with Gasteiger partial charge in [0.1, 0.15) is 4.33 Å². The Kier molecular flexibility index (Phi) is 3.81. The third kappa shape index (κ3) is 3.14. The number of carboxylic acid groups (broad SMARTS) is 1. The van der Waals surface area contributed by atoms with Gasteiger partial charge < -0.3 is 5.11 Å². The monoisotopic (exact) mass is 344 g/mol. The largest absolute Gasteiger partial charge is 0.478 e. The molecule has 110 valence electrons. The molecule has 0 amide bonds. The van der Waals surface area contributed by atoms with Gasteiger partial charge in [-0.15, -0.1) is 28.3 Å². The average Bonchev–Trinajstić information content (AvgIpc) is 2.87. The van der Waals surface area contributed by atoms with E-state index < -0.39 is 10.3 Å². The van der Waals surface area contributed by atoms with Crippen LogP contribution in [0.1, 0.15) is 16.8 Å². The number of carbonyl (C=O) groups is 1. The maximum atomic E-state index is 10.8. The first-order valence-electron chi connectivity index (χ1n) is 6.10. The zero-order valence-electron chi connectivity index (χ0n) is 10.6. The summed E-state index contributed by atoms with van der Waals surface area (Å²) in [5, 5.41) is 21.0. The number of aromatic nitrogens is 4. The lowest BCUT2D eigenvalue weighted by Crippen LogP contribution is -2.02. The third-order valence-corrected chi connectivity index (χ3v) is 5.18. The molecule has 1 aliphatic carbocycles. The molecule has 0 saturated heterocycles. The van der Waals surface area contributed by atoms with Crippen LogP contribution in [0.4, 0.5) is 0 Å². The molecule has 1 saturated carbocycles. The number of nitrogens with zero attached hydrogens (tertiary/aromatic N) is 4. The van der Waals surface area contributed by atoms with E-state index >= 15 is 0 Å². The first-order valence-corrected chi connectivity index (χ1v) is 7.84. The number of tetrazole rings is 1. The number of aromatic carboxylic acids is 1. The second kappa shape index (κ2) is 5.47. The Hall–Kier alpha value is -1.31. The highest BCUT2D eigenvalue weighted by molar-refractivity contribution is 7.99. The first kappa shape index (κ1) is 14.6. The van der Waals surface area contributed by atoms with Crippen molar-refractivity contribution in [1.82, 2.24) is 20.2 Å². The maximum absolute atomic E-state index is 10.8. The highest BCUT2D eigenvalue weighted by Crippen LogP contribution is 2.54. The molecule has 1 atom stereocenters. The third-order valence-electron chi connectivity index (χ3n) is 3.17. The highest BCUT2D eigenvalue weighted by atomic mass is 35.5. The predicted octanol–water partition coefficient (Wildman–Crippen LogP) is 2.65. The van der Waals surface area contributed by atoms with E-state index in [2.05, 4.69) is 15.5 Å². The van der Waals surface area contributed by atoms with E-state index in [1.807, 2.05) is 0 Å². The van der Waals surface area contributed by atoms with Crippen LogP contribution >= 0.6 is 35.0 Å². The second-order valence-corrected chi connectivity index (χ2v) is 7.23. The number of halogens is 2. The van der Waals surface area contributed by atoms with E-state index in [0.29, 0.717) is 10.8 Å². The summed E-state index contributed by atoms with van der Waals surface area (Å²) < 4.78 is 0.942. The van der Waals surface area contributed by atoms with Gasteiger partial charge in [-0.05, 0) is 41.1 Å². The maximum Gasteiger partial charge on any atom is 0.335 e. The number of alkyl halides is 2. The zero-order valence-corrected chi connectivity index (χ0v) is 12.9. The lowest BCUT2D eigenvalue weighted by atomic mass is 10.2. The van der Waals surface area contributed by atoms with Crippen molar-refractivity contribution in [3.8, 4) is 5.69 Å². The van der Waals surface area contributed by atoms with Gasteiger partial charge in [-0.1, -0.05) is 11.8 Å². The Morgan fingerprint density at radius 1 is 1.43 bits per heavy atom. The summed E-state index contributed by atoms with van der Waals surface area (Å²) in [7, 11) is 0. The predicted molar refractivity (Wildman–Crippen MR) is 79.4 cm³/mol. The first-order chi connectivity index (χ1) is 9.97. The summed E-state index contributed by atoms with van der Waals surface area (Å²) in [5.41, 5.74) is 0.916. The van der Waals surface area contributed by atoms with Gasteiger partial charge in [0, 0.05) is 11.7 Å². The molecule has 1 aromatic heterocycles. The van der Waals surface area contributed by atoms with E-state index in [1.54, 1.807) is 16.8 Å². The number of hydrogen-bond acceptors (Lipinski definition) is 5. The normalized spacial score (nSPS) is 19.4. The summed E-state index contributed by atoms with van der Waals surface area (Å²) in [6.07, 6.45) is 0.776. The molecule has 0 bridgehead atoms. The molecule has 1 aliphatic rings. The summed E-state index contributed by atoms with van der Waals surface area (Å²) in [5.74, 6) is 0.00755. The van der Waals surface area contributed by atoms with Gasteiger partial charge >= 0.3 is 5.97 Å². The number of hydrogen-bond donors (Lipinski definition) is 1. The SMILES string of the molecule is O=C(O)c1ccc(-n2nnnc2SCC2CC2(Cl)Cl)cc1. The summed E-state index contributed by atoms with van der Waals surface area (Å²) >= 11 is 13.5. The smallest absolute Gasteiger partial charge is 0.335 e. The van der Waals surface area contributed by atoms with E-state index in [-0.39, 0.29) is 11.5 Å². The van der Waals surface area contributed by atoms with E-state index in [1.165, 1.54) is 23.9 Å². The van der Waals surface area contributed by atoms with Crippen LogP contribution in [0, 0.1) is 5.92 Å². The molecular weight excluding hydrogens is 335 g/mol. The van der Waals surface area contributed by atoms with Crippen molar-refractivity contribution in [3.05, 3.63) is 29.8 Å². The van der Waals surface area contributed by atoms with Crippen molar-refractivity contribution in [2.24, 2.45) is 5.92 Å². The van der Waals surface area contributed by atoms with Crippen molar-refractivity contribution in [2.75, 3.05) is 5.75 Å². The standard InChI is InChI=1S/C12H10Cl2N4O2S/c13-12(14)5-8(12)6-21-11-15-16-17-18(11)9-3-1-7(2-4-9)10(19)20/h1-4,8H,5-6H2,(H,19,20). The Bertz CT molecular complexity index is 674. The average molecular weight is 345 g/mol. The van der Waals surface area contributed by atoms with Gasteiger partial charge in [-0.3, -0.25) is 0 Å². The molecule has 9 heteroatoms. The lowest BCUT2D eigenvalue weighted by Gasteiger charge is -2.04. The molecule has 0 radical (unpaired) electrons. The van der Waals surface area contributed by atoms with Crippen LogP contribution in [0.15, 0.2) is 29.4 Å². The minimum Gasteiger partial charge on any atom is -0.478 e. The molecule has 1 fully saturated rings. The molecule has 6 nitrogen and oxygen atoms in total. The van der Waals surface area contributed by atoms with Crippen LogP contribution in [0.5, 0.6) is 0 Å². The fourth-order valence-electron chi connectivity index (χ4n) is 1.80. The molecule has 1 N–H and O–H groups in total. The van der Waals surface area contributed by atoms with Crippen LogP contribution in [0.2, 0.25) is 0 Å². The second-order valence-electron chi connectivity index (χ2n) is 4.70. The van der Waals surface area contributed by atoms with Crippen molar-refractivity contribution in [3.63, 3.8) is 0 Å². The van der Waals surface area contributed by atoms with Crippen LogP contribution in [0.3, 0.4) is 0 Å². The van der Waals surface area contributed by atoms with Crippen molar-refractivity contribution >= 4 is 40.9 Å². The quantitative estimate of drug-likeness (QED) is 0.663. The Morgan fingerprint density at radius 3 is 2.67 bits per heavy atom. The molecule has 0 aliphatic heterocycles. The Balaban J connectivity index is 1.74. The van der Waals surface area contributed by atoms with E-state index in [9.17, 15) is 4.79 Å². The molecule has 1 aromatic carbocycles. The Morgan fingerprint density at radius 2 is 2.10 bits per heavy atom. The number of thioether (sulfide) groups is 1. The zero-order chi connectivity index (χ0) is 15.0. The van der Waals surface area contributed by atoms with Gasteiger partial charge in [-0.2, -0.15) is 4.68 Å². The van der Waals surface area contributed by atoms with Gasteiger partial charge in [-0.25, -0.2) is 4.79 Å². The minimum atomic E-state index is -0.970. The molecule has 21 heavy (non-hydrogen) atoms. The van der Waals surface area contributed by atoms with Crippen LogP contribution in [-0.4, -0.2) is 41.4 Å². The van der Waals surface area contributed by atoms with Gasteiger partial charge in [0.05, 0.1) is 11.3 Å². The van der Waals surface area contributed by atoms with Crippen molar-refractivity contribution in [2.45, 2.75) is 15.9 Å². The van der Waals surface area contributed by atoms with Crippen LogP contribution in [-0.2, 0) is 0 Å². The number of benzene rings is 1. The fraction of sp³-hybridized carbons (Fsp3) is 0.333. The van der Waals surface area contributed by atoms with Crippen LogP contribution < -0.4 is 0 Å². The molecule has 2 aromatic rings. The van der Waals surface area contributed by atoms with Gasteiger partial charge in [0.25, 0.3) is 0 Å². The topological polar surface area (TPSA) is 80.9 Å². The summed E-state index contributed by atoms with van der Waals surface area (Å²) in [6, 6.07) is 6.34. The van der Waals surface area contributed by atoms with E-state index in [4.69, 9.17) is 28.3 Å².